The largest absolute Gasteiger partial charge is 0.374 e. The van der Waals surface area contributed by atoms with E-state index in [0.717, 1.165) is 11.8 Å². The van der Waals surface area contributed by atoms with Crippen molar-refractivity contribution in [3.63, 3.8) is 0 Å². The number of allylic oxidation sites excluding steroid dienone is 1. The van der Waals surface area contributed by atoms with E-state index in [4.69, 9.17) is 0 Å². The van der Waals surface area contributed by atoms with Crippen molar-refractivity contribution < 1.29 is 13.2 Å². The molecule has 0 bridgehead atoms. The number of benzene rings is 1. The smallest absolute Gasteiger partial charge is 0.263 e. The van der Waals surface area contributed by atoms with Crippen LogP contribution < -0.4 is 0 Å². The van der Waals surface area contributed by atoms with Gasteiger partial charge in [-0.15, -0.1) is 0 Å². The third-order valence-electron chi connectivity index (χ3n) is 2.30. The molecule has 1 aromatic carbocycles. The molecule has 0 aromatic heterocycles. The number of rotatable bonds is 4. The van der Waals surface area contributed by atoms with Crippen LogP contribution in [-0.2, 0) is 6.54 Å². The van der Waals surface area contributed by atoms with Gasteiger partial charge in [0.15, 0.2) is 0 Å². The number of hydrogen-bond acceptors (Lipinski definition) is 1. The Bertz CT molecular complexity index is 388. The van der Waals surface area contributed by atoms with Gasteiger partial charge in [0.05, 0.1) is 0 Å². The molecule has 0 atom stereocenters. The Morgan fingerprint density at radius 3 is 2.50 bits per heavy atom. The average Bonchev–Trinajstić information content (AvgIpc) is 2.16. The summed E-state index contributed by atoms with van der Waals surface area (Å²) < 4.78 is 37.9. The molecule has 0 saturated carbocycles. The summed E-state index contributed by atoms with van der Waals surface area (Å²) >= 11 is 0. The Morgan fingerprint density at radius 2 is 2.00 bits per heavy atom. The molecule has 1 aromatic rings. The summed E-state index contributed by atoms with van der Waals surface area (Å²) in [5.74, 6) is -0.636. The lowest BCUT2D eigenvalue weighted by Gasteiger charge is -2.19. The topological polar surface area (TPSA) is 3.24 Å². The molecule has 0 amide bonds. The maximum atomic E-state index is 13.1. The molecule has 0 radical (unpaired) electrons. The van der Waals surface area contributed by atoms with Crippen LogP contribution in [0.3, 0.4) is 0 Å². The van der Waals surface area contributed by atoms with Crippen LogP contribution in [0.2, 0.25) is 0 Å². The van der Waals surface area contributed by atoms with Crippen LogP contribution in [0.15, 0.2) is 30.5 Å². The maximum Gasteiger partial charge on any atom is 0.263 e. The number of nitrogens with zero attached hydrogens (tertiary/aromatic N) is 1. The normalized spacial score (nSPS) is 10.6. The monoisotopic (exact) mass is 229 g/mol. The summed E-state index contributed by atoms with van der Waals surface area (Å²) in [5.41, 5.74) is 1.02. The molecule has 0 unspecified atom stereocenters. The van der Waals surface area contributed by atoms with Crippen LogP contribution in [0, 0.1) is 5.82 Å². The van der Waals surface area contributed by atoms with Crippen LogP contribution in [0.4, 0.5) is 13.2 Å². The van der Waals surface area contributed by atoms with Gasteiger partial charge in [0.1, 0.15) is 5.82 Å². The lowest BCUT2D eigenvalue weighted by Crippen LogP contribution is -2.14. The molecule has 1 nitrogen and oxygen atoms in total. The minimum absolute atomic E-state index is 0.287. The number of hydrogen-bond donors (Lipinski definition) is 0. The van der Waals surface area contributed by atoms with Gasteiger partial charge in [0, 0.05) is 24.9 Å². The van der Waals surface area contributed by atoms with Crippen molar-refractivity contribution in [3.8, 4) is 0 Å². The molecule has 0 fully saturated rings. The van der Waals surface area contributed by atoms with Crippen LogP contribution in [0.5, 0.6) is 0 Å². The van der Waals surface area contributed by atoms with E-state index in [-0.39, 0.29) is 5.56 Å². The quantitative estimate of drug-likeness (QED) is 0.760. The van der Waals surface area contributed by atoms with Crippen LogP contribution >= 0.6 is 0 Å². The Hall–Kier alpha value is -1.45. The van der Waals surface area contributed by atoms with Crippen molar-refractivity contribution in [1.29, 1.82) is 0 Å². The third kappa shape index (κ3) is 3.29. The summed E-state index contributed by atoms with van der Waals surface area (Å²) in [7, 11) is 1.77. The lowest BCUT2D eigenvalue weighted by molar-refractivity contribution is 0.150. The van der Waals surface area contributed by atoms with Gasteiger partial charge in [0.25, 0.3) is 6.43 Å². The fraction of sp³-hybridized carbons (Fsp3) is 0.333. The summed E-state index contributed by atoms with van der Waals surface area (Å²) in [6.45, 7) is 5.88. The van der Waals surface area contributed by atoms with Gasteiger partial charge < -0.3 is 4.90 Å². The molecule has 0 aliphatic rings. The van der Waals surface area contributed by atoms with Crippen LogP contribution in [0.1, 0.15) is 24.5 Å². The molecule has 0 spiro atoms. The van der Waals surface area contributed by atoms with E-state index in [2.05, 4.69) is 6.58 Å². The predicted molar refractivity (Wildman–Crippen MR) is 57.6 cm³/mol. The van der Waals surface area contributed by atoms with Crippen molar-refractivity contribution in [2.45, 2.75) is 19.9 Å². The van der Waals surface area contributed by atoms with Gasteiger partial charge in [0.2, 0.25) is 0 Å². The molecule has 4 heteroatoms. The highest BCUT2D eigenvalue weighted by Gasteiger charge is 2.10. The Kier molecular flexibility index (Phi) is 3.99. The van der Waals surface area contributed by atoms with Gasteiger partial charge in [-0.1, -0.05) is 6.58 Å². The number of alkyl halides is 2. The minimum atomic E-state index is -2.65. The molecule has 0 heterocycles. The Balaban J connectivity index is 2.92. The SMILES string of the molecule is C=C(C)N(C)Cc1cc(F)cc(C(F)F)c1. The molecule has 0 aliphatic heterocycles. The van der Waals surface area contributed by atoms with Gasteiger partial charge >= 0.3 is 0 Å². The second-order valence-corrected chi connectivity index (χ2v) is 3.78. The molecule has 16 heavy (non-hydrogen) atoms. The first kappa shape index (κ1) is 12.6. The lowest BCUT2D eigenvalue weighted by atomic mass is 10.1. The zero-order valence-corrected chi connectivity index (χ0v) is 9.30. The van der Waals surface area contributed by atoms with Crippen molar-refractivity contribution >= 4 is 0 Å². The average molecular weight is 229 g/mol. The van der Waals surface area contributed by atoms with Gasteiger partial charge in [-0.05, 0) is 30.7 Å². The van der Waals surface area contributed by atoms with E-state index in [9.17, 15) is 13.2 Å². The van der Waals surface area contributed by atoms with E-state index in [1.807, 2.05) is 0 Å². The summed E-state index contributed by atoms with van der Waals surface area (Å²) in [5, 5.41) is 0. The van der Waals surface area contributed by atoms with Gasteiger partial charge in [-0.2, -0.15) is 0 Å². The molecule has 0 aliphatic carbocycles. The molecular formula is C12H14F3N. The fourth-order valence-electron chi connectivity index (χ4n) is 1.30. The van der Waals surface area contributed by atoms with Crippen molar-refractivity contribution in [2.75, 3.05) is 7.05 Å². The van der Waals surface area contributed by atoms with Crippen molar-refractivity contribution in [3.05, 3.63) is 47.4 Å². The van der Waals surface area contributed by atoms with Crippen molar-refractivity contribution in [1.82, 2.24) is 4.90 Å². The second-order valence-electron chi connectivity index (χ2n) is 3.78. The molecule has 1 rings (SSSR count). The maximum absolute atomic E-state index is 13.1. The molecule has 88 valence electrons. The first-order valence-corrected chi connectivity index (χ1v) is 4.84. The van der Waals surface area contributed by atoms with Crippen molar-refractivity contribution in [2.24, 2.45) is 0 Å². The Labute approximate surface area is 93.2 Å². The highest BCUT2D eigenvalue weighted by atomic mass is 19.3. The third-order valence-corrected chi connectivity index (χ3v) is 2.30. The molecule has 0 saturated heterocycles. The first-order valence-electron chi connectivity index (χ1n) is 4.84. The predicted octanol–water partition coefficient (Wildman–Crippen LogP) is 3.73. The zero-order chi connectivity index (χ0) is 12.3. The second kappa shape index (κ2) is 5.05. The molecular weight excluding hydrogens is 215 g/mol. The van der Waals surface area contributed by atoms with E-state index < -0.39 is 12.2 Å². The van der Waals surface area contributed by atoms with Crippen LogP contribution in [0.25, 0.3) is 0 Å². The summed E-state index contributed by atoms with van der Waals surface area (Å²) in [6, 6.07) is 3.42. The minimum Gasteiger partial charge on any atom is -0.374 e. The first-order chi connectivity index (χ1) is 7.40. The standard InChI is InChI=1S/C12H14F3N/c1-8(2)16(3)7-9-4-10(12(14)15)6-11(13)5-9/h4-6,12H,1,7H2,2-3H3. The molecule has 0 N–H and O–H groups in total. The zero-order valence-electron chi connectivity index (χ0n) is 9.30. The summed E-state index contributed by atoms with van der Waals surface area (Å²) in [4.78, 5) is 1.77. The van der Waals surface area contributed by atoms with Crippen LogP contribution in [-0.4, -0.2) is 11.9 Å². The Morgan fingerprint density at radius 1 is 1.38 bits per heavy atom. The van der Waals surface area contributed by atoms with E-state index >= 15 is 0 Å². The van der Waals surface area contributed by atoms with Gasteiger partial charge in [-0.3, -0.25) is 0 Å². The van der Waals surface area contributed by atoms with E-state index in [1.54, 1.807) is 18.9 Å². The summed E-state index contributed by atoms with van der Waals surface area (Å²) in [6.07, 6.45) is -2.65. The number of halogens is 3. The van der Waals surface area contributed by atoms with E-state index in [1.165, 1.54) is 12.1 Å². The highest BCUT2D eigenvalue weighted by molar-refractivity contribution is 5.25. The van der Waals surface area contributed by atoms with Gasteiger partial charge in [-0.25, -0.2) is 13.2 Å². The van der Waals surface area contributed by atoms with E-state index in [0.29, 0.717) is 12.1 Å². The fourth-order valence-corrected chi connectivity index (χ4v) is 1.30. The highest BCUT2D eigenvalue weighted by Crippen LogP contribution is 2.22.